The van der Waals surface area contributed by atoms with Crippen LogP contribution in [0.25, 0.3) is 0 Å². The van der Waals surface area contributed by atoms with Crippen LogP contribution in [0.5, 0.6) is 0 Å². The molecule has 2 N–H and O–H groups in total. The number of nitrogens with one attached hydrogen (secondary N) is 2. The van der Waals surface area contributed by atoms with E-state index in [1.807, 2.05) is 36.4 Å². The first-order chi connectivity index (χ1) is 16.9. The summed E-state index contributed by atoms with van der Waals surface area (Å²) in [5.41, 5.74) is 4.79. The van der Waals surface area contributed by atoms with Gasteiger partial charge in [0.15, 0.2) is 0 Å². The zero-order chi connectivity index (χ0) is 24.8. The van der Waals surface area contributed by atoms with Crippen molar-refractivity contribution in [1.29, 1.82) is 0 Å². The lowest BCUT2D eigenvalue weighted by Gasteiger charge is -2.24. The first-order valence-electron chi connectivity index (χ1n) is 11.0. The molecule has 9 heteroatoms. The predicted molar refractivity (Wildman–Crippen MR) is 142 cm³/mol. The third-order valence-corrected chi connectivity index (χ3v) is 6.42. The van der Waals surface area contributed by atoms with Gasteiger partial charge in [0.05, 0.1) is 12.1 Å². The summed E-state index contributed by atoms with van der Waals surface area (Å²) >= 11 is 8.92. The Hall–Kier alpha value is -3.56. The van der Waals surface area contributed by atoms with Crippen LogP contribution in [0.3, 0.4) is 0 Å². The second kappa shape index (κ2) is 11.2. The van der Waals surface area contributed by atoms with Crippen molar-refractivity contribution in [3.8, 4) is 0 Å². The van der Waals surface area contributed by atoms with Crippen molar-refractivity contribution in [2.24, 2.45) is 0 Å². The van der Waals surface area contributed by atoms with Gasteiger partial charge in [-0.2, -0.15) is 0 Å². The Bertz CT molecular complexity index is 1220. The summed E-state index contributed by atoms with van der Waals surface area (Å²) < 4.78 is 0.834. The van der Waals surface area contributed by atoms with Crippen molar-refractivity contribution in [3.05, 3.63) is 101 Å². The molecule has 0 radical (unpaired) electrons. The second-order valence-electron chi connectivity index (χ2n) is 7.92. The quantitative estimate of drug-likeness (QED) is 0.416. The molecule has 0 saturated carbocycles. The van der Waals surface area contributed by atoms with Crippen molar-refractivity contribution in [2.45, 2.75) is 18.9 Å². The molecule has 7 nitrogen and oxygen atoms in total. The number of para-hydroxylation sites is 1. The topological polar surface area (TPSA) is 81.8 Å². The van der Waals surface area contributed by atoms with E-state index in [1.54, 1.807) is 48.5 Å². The molecule has 1 heterocycles. The monoisotopic (exact) mass is 550 g/mol. The third kappa shape index (κ3) is 5.93. The maximum absolute atomic E-state index is 13.4. The van der Waals surface area contributed by atoms with Crippen molar-refractivity contribution < 1.29 is 14.4 Å². The van der Waals surface area contributed by atoms with Gasteiger partial charge in [0.1, 0.15) is 6.04 Å². The number of halogens is 1. The van der Waals surface area contributed by atoms with Crippen molar-refractivity contribution in [3.63, 3.8) is 0 Å². The summed E-state index contributed by atoms with van der Waals surface area (Å²) in [5, 5.41) is 4.28. The highest BCUT2D eigenvalue weighted by molar-refractivity contribution is 9.10. The van der Waals surface area contributed by atoms with Gasteiger partial charge in [-0.15, -0.1) is 0 Å². The normalized spacial score (nSPS) is 15.3. The van der Waals surface area contributed by atoms with Gasteiger partial charge in [-0.3, -0.25) is 24.7 Å². The molecule has 0 bridgehead atoms. The lowest BCUT2D eigenvalue weighted by atomic mass is 10.1. The van der Waals surface area contributed by atoms with Gasteiger partial charge >= 0.3 is 0 Å². The van der Waals surface area contributed by atoms with E-state index >= 15 is 0 Å². The van der Waals surface area contributed by atoms with Gasteiger partial charge in [-0.1, -0.05) is 64.5 Å². The lowest BCUT2D eigenvalue weighted by Crippen LogP contribution is -2.50. The fourth-order valence-corrected chi connectivity index (χ4v) is 4.36. The van der Waals surface area contributed by atoms with E-state index in [0.717, 1.165) is 10.0 Å². The van der Waals surface area contributed by atoms with Gasteiger partial charge in [0.2, 0.25) is 11.0 Å². The Kier molecular flexibility index (Phi) is 7.89. The minimum absolute atomic E-state index is 0.105. The molecule has 35 heavy (non-hydrogen) atoms. The average Bonchev–Trinajstić information content (AvgIpc) is 3.09. The summed E-state index contributed by atoms with van der Waals surface area (Å²) in [5.74, 6) is -1.12. The molecule has 1 aliphatic heterocycles. The van der Waals surface area contributed by atoms with Crippen LogP contribution >= 0.6 is 28.1 Å². The molecule has 0 aliphatic carbocycles. The van der Waals surface area contributed by atoms with Gasteiger partial charge < -0.3 is 5.32 Å². The molecule has 1 atom stereocenters. The Morgan fingerprint density at radius 1 is 0.914 bits per heavy atom. The molecule has 178 valence electrons. The molecule has 1 unspecified atom stereocenters. The number of benzene rings is 3. The predicted octanol–water partition coefficient (Wildman–Crippen LogP) is 3.85. The Balaban J connectivity index is 1.49. The molecule has 0 spiro atoms. The fraction of sp³-hybridized carbons (Fsp3) is 0.154. The average molecular weight is 551 g/mol. The summed E-state index contributed by atoms with van der Waals surface area (Å²) in [6.07, 6.45) is 0.515. The number of hydrogen-bond acceptors (Lipinski definition) is 4. The van der Waals surface area contributed by atoms with Gasteiger partial charge in [0.25, 0.3) is 11.8 Å². The van der Waals surface area contributed by atoms with Gasteiger partial charge in [0, 0.05) is 16.6 Å². The van der Waals surface area contributed by atoms with E-state index < -0.39 is 11.9 Å². The summed E-state index contributed by atoms with van der Waals surface area (Å²) in [6.45, 7) is 0.432. The zero-order valence-electron chi connectivity index (χ0n) is 18.7. The number of anilines is 1. The highest BCUT2D eigenvalue weighted by Gasteiger charge is 2.45. The minimum Gasteiger partial charge on any atom is -0.356 e. The number of carbonyl (C=O) groups excluding carboxylic acids is 3. The van der Waals surface area contributed by atoms with E-state index in [1.165, 1.54) is 9.91 Å². The first kappa shape index (κ1) is 24.6. The van der Waals surface area contributed by atoms with Crippen molar-refractivity contribution in [1.82, 2.24) is 15.8 Å². The molecule has 3 aromatic rings. The van der Waals surface area contributed by atoms with E-state index in [0.29, 0.717) is 24.2 Å². The van der Waals surface area contributed by atoms with Crippen LogP contribution in [0.2, 0.25) is 0 Å². The number of hydrazine groups is 1. The zero-order valence-corrected chi connectivity index (χ0v) is 21.1. The molecular weight excluding hydrogens is 528 g/mol. The molecule has 1 saturated heterocycles. The van der Waals surface area contributed by atoms with Crippen LogP contribution in [0.1, 0.15) is 22.3 Å². The Morgan fingerprint density at radius 2 is 1.54 bits per heavy atom. The Morgan fingerprint density at radius 3 is 2.20 bits per heavy atom. The van der Waals surface area contributed by atoms with E-state index in [4.69, 9.17) is 12.2 Å². The van der Waals surface area contributed by atoms with E-state index in [2.05, 4.69) is 26.7 Å². The molecule has 4 rings (SSSR count). The SMILES string of the molecule is O=C(CC1C(=O)N(c2ccccc2)C(=S)N1NC(=O)c1ccc(Br)cc1)NCCc1ccccc1. The van der Waals surface area contributed by atoms with Crippen LogP contribution in [0.4, 0.5) is 5.69 Å². The number of rotatable bonds is 8. The highest BCUT2D eigenvalue weighted by atomic mass is 79.9. The summed E-state index contributed by atoms with van der Waals surface area (Å²) in [6, 6.07) is 24.5. The molecular formula is C26H23BrN4O3S. The van der Waals surface area contributed by atoms with Crippen LogP contribution < -0.4 is 15.6 Å². The number of carbonyl (C=O) groups is 3. The third-order valence-electron chi connectivity index (χ3n) is 5.51. The standard InChI is InChI=1S/C26H23BrN4O3S/c27-20-13-11-19(12-14-20)24(33)29-31-22(17-23(32)28-16-15-18-7-3-1-4-8-18)25(34)30(26(31)35)21-9-5-2-6-10-21/h1-14,22H,15-17H2,(H,28,32)(H,29,33). The first-order valence-corrected chi connectivity index (χ1v) is 12.2. The van der Waals surface area contributed by atoms with Crippen molar-refractivity contribution in [2.75, 3.05) is 11.4 Å². The number of amides is 3. The number of nitrogens with zero attached hydrogens (tertiary/aromatic N) is 2. The van der Waals surface area contributed by atoms with Gasteiger partial charge in [-0.05, 0) is 60.6 Å². The van der Waals surface area contributed by atoms with Crippen LogP contribution in [-0.2, 0) is 16.0 Å². The molecule has 1 aliphatic rings. The fourth-order valence-electron chi connectivity index (χ4n) is 3.73. The van der Waals surface area contributed by atoms with E-state index in [9.17, 15) is 14.4 Å². The molecule has 0 aromatic heterocycles. The number of hydrogen-bond donors (Lipinski definition) is 2. The van der Waals surface area contributed by atoms with Crippen molar-refractivity contribution >= 4 is 56.7 Å². The van der Waals surface area contributed by atoms with Crippen LogP contribution in [0.15, 0.2) is 89.4 Å². The Labute approximate surface area is 217 Å². The lowest BCUT2D eigenvalue weighted by molar-refractivity contribution is -0.127. The van der Waals surface area contributed by atoms with E-state index in [-0.39, 0.29) is 23.3 Å². The second-order valence-corrected chi connectivity index (χ2v) is 9.20. The summed E-state index contributed by atoms with van der Waals surface area (Å²) in [7, 11) is 0. The molecule has 1 fully saturated rings. The highest BCUT2D eigenvalue weighted by Crippen LogP contribution is 2.26. The molecule has 3 amide bonds. The maximum Gasteiger partial charge on any atom is 0.269 e. The minimum atomic E-state index is -0.973. The largest absolute Gasteiger partial charge is 0.356 e. The van der Waals surface area contributed by atoms with Crippen LogP contribution in [-0.4, -0.2) is 40.4 Å². The van der Waals surface area contributed by atoms with Crippen LogP contribution in [0, 0.1) is 0 Å². The van der Waals surface area contributed by atoms with Gasteiger partial charge in [-0.25, -0.2) is 5.01 Å². The smallest absolute Gasteiger partial charge is 0.269 e. The number of thiocarbonyl (C=S) groups is 1. The molecule has 3 aromatic carbocycles. The maximum atomic E-state index is 13.4. The summed E-state index contributed by atoms with van der Waals surface area (Å²) in [4.78, 5) is 40.4.